The van der Waals surface area contributed by atoms with E-state index < -0.39 is 0 Å². The van der Waals surface area contributed by atoms with Gasteiger partial charge in [0.05, 0.1) is 14.6 Å². The highest BCUT2D eigenvalue weighted by Gasteiger charge is 1.99. The van der Waals surface area contributed by atoms with Gasteiger partial charge in [0.25, 0.3) is 0 Å². The molecular formula is C8H6IN3. The summed E-state index contributed by atoms with van der Waals surface area (Å²) in [5.41, 5.74) is 7.37. The predicted octanol–water partition coefficient (Wildman–Crippen LogP) is 1.82. The fourth-order valence-electron chi connectivity index (χ4n) is 0.992. The summed E-state index contributed by atoms with van der Waals surface area (Å²) in [4.78, 5) is 8.34. The molecule has 0 bridgehead atoms. The molecule has 3 nitrogen and oxygen atoms in total. The van der Waals surface area contributed by atoms with Gasteiger partial charge in [0.1, 0.15) is 5.82 Å². The molecule has 0 atom stereocenters. The minimum Gasteiger partial charge on any atom is -0.383 e. The minimum absolute atomic E-state index is 0.566. The molecule has 12 heavy (non-hydrogen) atoms. The molecule has 60 valence electrons. The largest absolute Gasteiger partial charge is 0.383 e. The van der Waals surface area contributed by atoms with Crippen LogP contribution < -0.4 is 5.73 Å². The summed E-state index contributed by atoms with van der Waals surface area (Å²) in [6.07, 6.45) is 1.75. The van der Waals surface area contributed by atoms with Gasteiger partial charge in [-0.3, -0.25) is 4.98 Å². The van der Waals surface area contributed by atoms with Crippen LogP contribution in [0.2, 0.25) is 0 Å². The number of nitrogens with two attached hydrogens (primary N) is 1. The number of anilines is 1. The number of nitrogen functional groups attached to an aromatic ring is 1. The van der Waals surface area contributed by atoms with Crippen LogP contribution in [0.25, 0.3) is 11.0 Å². The Morgan fingerprint density at radius 2 is 2.17 bits per heavy atom. The molecule has 2 N–H and O–H groups in total. The van der Waals surface area contributed by atoms with E-state index in [0.29, 0.717) is 5.82 Å². The normalized spacial score (nSPS) is 10.4. The molecule has 0 spiro atoms. The Hall–Kier alpha value is -0.910. The van der Waals surface area contributed by atoms with E-state index in [4.69, 9.17) is 5.73 Å². The van der Waals surface area contributed by atoms with E-state index >= 15 is 0 Å². The number of halogens is 1. The smallest absolute Gasteiger partial charge is 0.137 e. The summed E-state index contributed by atoms with van der Waals surface area (Å²) in [6.45, 7) is 0. The number of aromatic nitrogens is 2. The molecule has 0 aliphatic rings. The zero-order chi connectivity index (χ0) is 8.55. The van der Waals surface area contributed by atoms with E-state index in [1.807, 2.05) is 18.2 Å². The number of rotatable bonds is 0. The molecule has 0 saturated carbocycles. The summed E-state index contributed by atoms with van der Waals surface area (Å²) in [5.74, 6) is 0.566. The van der Waals surface area contributed by atoms with Crippen molar-refractivity contribution in [3.05, 3.63) is 28.0 Å². The monoisotopic (exact) mass is 271 g/mol. The lowest BCUT2D eigenvalue weighted by Gasteiger charge is -1.99. The number of nitrogens with zero attached hydrogens (tertiary/aromatic N) is 2. The third-order valence-corrected chi connectivity index (χ3v) is 2.43. The van der Waals surface area contributed by atoms with Crippen LogP contribution in [-0.2, 0) is 0 Å². The van der Waals surface area contributed by atoms with E-state index in [2.05, 4.69) is 32.6 Å². The Morgan fingerprint density at radius 1 is 1.33 bits per heavy atom. The molecule has 0 aliphatic carbocycles. The van der Waals surface area contributed by atoms with E-state index in [9.17, 15) is 0 Å². The second-order valence-electron chi connectivity index (χ2n) is 2.40. The summed E-state index contributed by atoms with van der Waals surface area (Å²) >= 11 is 2.14. The molecule has 0 saturated heterocycles. The van der Waals surface area contributed by atoms with Crippen LogP contribution in [0, 0.1) is 3.57 Å². The van der Waals surface area contributed by atoms with Crippen molar-refractivity contribution in [3.63, 3.8) is 0 Å². The molecular weight excluding hydrogens is 265 g/mol. The van der Waals surface area contributed by atoms with Crippen LogP contribution >= 0.6 is 22.6 Å². The van der Waals surface area contributed by atoms with Crippen molar-refractivity contribution < 1.29 is 0 Å². The molecule has 0 aliphatic heterocycles. The van der Waals surface area contributed by atoms with Gasteiger partial charge in [-0.1, -0.05) is 0 Å². The molecule has 2 heterocycles. The van der Waals surface area contributed by atoms with Crippen molar-refractivity contribution in [2.75, 3.05) is 5.73 Å². The van der Waals surface area contributed by atoms with E-state index in [1.165, 1.54) is 0 Å². The maximum Gasteiger partial charge on any atom is 0.137 e. The first-order valence-corrected chi connectivity index (χ1v) is 4.52. The van der Waals surface area contributed by atoms with Crippen LogP contribution in [0.1, 0.15) is 0 Å². The first-order valence-electron chi connectivity index (χ1n) is 3.44. The van der Waals surface area contributed by atoms with Crippen LogP contribution in [-0.4, -0.2) is 9.97 Å². The summed E-state index contributed by atoms with van der Waals surface area (Å²) in [6, 6.07) is 5.68. The average Bonchev–Trinajstić information content (AvgIpc) is 2.07. The molecule has 2 rings (SSSR count). The fraction of sp³-hybridized carbons (Fsp3) is 0. The first-order chi connectivity index (χ1) is 5.77. The molecule has 2 aromatic heterocycles. The van der Waals surface area contributed by atoms with Gasteiger partial charge in [-0.2, -0.15) is 0 Å². The Balaban J connectivity index is 2.84. The highest BCUT2D eigenvalue weighted by atomic mass is 127. The Morgan fingerprint density at radius 3 is 3.00 bits per heavy atom. The SMILES string of the molecule is Nc1nc2cccnc2cc1I. The lowest BCUT2D eigenvalue weighted by Crippen LogP contribution is -1.94. The van der Waals surface area contributed by atoms with Gasteiger partial charge in [0.2, 0.25) is 0 Å². The number of pyridine rings is 2. The first kappa shape index (κ1) is 7.72. The van der Waals surface area contributed by atoms with Crippen LogP contribution in [0.3, 0.4) is 0 Å². The topological polar surface area (TPSA) is 51.8 Å². The van der Waals surface area contributed by atoms with Crippen LogP contribution in [0.4, 0.5) is 5.82 Å². The van der Waals surface area contributed by atoms with E-state index in [0.717, 1.165) is 14.6 Å². The van der Waals surface area contributed by atoms with Gasteiger partial charge in [-0.25, -0.2) is 4.98 Å². The minimum atomic E-state index is 0.566. The summed E-state index contributed by atoms with van der Waals surface area (Å²) in [5, 5.41) is 0. The molecule has 0 fully saturated rings. The van der Waals surface area contributed by atoms with E-state index in [-0.39, 0.29) is 0 Å². The van der Waals surface area contributed by atoms with Crippen LogP contribution in [0.5, 0.6) is 0 Å². The van der Waals surface area contributed by atoms with E-state index in [1.54, 1.807) is 6.20 Å². The average molecular weight is 271 g/mol. The van der Waals surface area contributed by atoms with Gasteiger partial charge < -0.3 is 5.73 Å². The predicted molar refractivity (Wildman–Crippen MR) is 56.7 cm³/mol. The molecule has 0 unspecified atom stereocenters. The maximum absolute atomic E-state index is 5.64. The fourth-order valence-corrected chi connectivity index (χ4v) is 1.41. The summed E-state index contributed by atoms with van der Waals surface area (Å²) < 4.78 is 0.943. The quantitative estimate of drug-likeness (QED) is 0.743. The molecule has 0 radical (unpaired) electrons. The van der Waals surface area contributed by atoms with Gasteiger partial charge in [0.15, 0.2) is 0 Å². The third kappa shape index (κ3) is 1.22. The second-order valence-corrected chi connectivity index (χ2v) is 3.56. The summed E-state index contributed by atoms with van der Waals surface area (Å²) in [7, 11) is 0. The van der Waals surface area contributed by atoms with Crippen molar-refractivity contribution >= 4 is 39.4 Å². The molecule has 0 aromatic carbocycles. The van der Waals surface area contributed by atoms with Gasteiger partial charge in [-0.05, 0) is 40.8 Å². The van der Waals surface area contributed by atoms with Crippen molar-refractivity contribution in [1.82, 2.24) is 9.97 Å². The third-order valence-electron chi connectivity index (χ3n) is 1.57. The molecule has 0 amide bonds. The van der Waals surface area contributed by atoms with Gasteiger partial charge >= 0.3 is 0 Å². The van der Waals surface area contributed by atoms with Gasteiger partial charge in [0, 0.05) is 6.20 Å². The van der Waals surface area contributed by atoms with Crippen molar-refractivity contribution in [2.24, 2.45) is 0 Å². The second kappa shape index (κ2) is 2.85. The zero-order valence-corrected chi connectivity index (χ0v) is 8.32. The molecule has 2 aromatic rings. The highest BCUT2D eigenvalue weighted by molar-refractivity contribution is 14.1. The van der Waals surface area contributed by atoms with Crippen LogP contribution in [0.15, 0.2) is 24.4 Å². The van der Waals surface area contributed by atoms with Crippen molar-refractivity contribution in [2.45, 2.75) is 0 Å². The number of hydrogen-bond donors (Lipinski definition) is 1. The Bertz CT molecular complexity index is 387. The number of fused-ring (bicyclic) bond motifs is 1. The number of hydrogen-bond acceptors (Lipinski definition) is 3. The van der Waals surface area contributed by atoms with Crippen molar-refractivity contribution in [1.29, 1.82) is 0 Å². The lowest BCUT2D eigenvalue weighted by molar-refractivity contribution is 1.33. The zero-order valence-electron chi connectivity index (χ0n) is 6.16. The Labute approximate surface area is 83.2 Å². The standard InChI is InChI=1S/C8H6IN3/c9-5-4-7-6(12-8(5)10)2-1-3-11-7/h1-4H,(H2,10,12). The van der Waals surface area contributed by atoms with Crippen molar-refractivity contribution in [3.8, 4) is 0 Å². The highest BCUT2D eigenvalue weighted by Crippen LogP contribution is 2.17. The lowest BCUT2D eigenvalue weighted by atomic mass is 10.3. The van der Waals surface area contributed by atoms with Gasteiger partial charge in [-0.15, -0.1) is 0 Å². The maximum atomic E-state index is 5.64. The Kier molecular flexibility index (Phi) is 1.84. The molecule has 4 heteroatoms.